The molecule has 3 heteroatoms. The number of benzene rings is 2. The number of nitrogens with one attached hydrogen (secondary N) is 1. The van der Waals surface area contributed by atoms with Crippen LogP contribution < -0.4 is 10.1 Å². The van der Waals surface area contributed by atoms with Crippen LogP contribution in [0.25, 0.3) is 0 Å². The van der Waals surface area contributed by atoms with E-state index in [4.69, 9.17) is 4.74 Å². The van der Waals surface area contributed by atoms with Crippen LogP contribution in [0, 0.1) is 6.92 Å². The molecule has 0 bridgehead atoms. The molecule has 1 atom stereocenters. The van der Waals surface area contributed by atoms with Crippen molar-refractivity contribution in [2.45, 2.75) is 25.9 Å². The minimum atomic E-state index is 0.0646. The fraction of sp³-hybridized carbons (Fsp3) is 0.333. The van der Waals surface area contributed by atoms with Gasteiger partial charge in [-0.3, -0.25) is 0 Å². The first-order chi connectivity index (χ1) is 10.2. The summed E-state index contributed by atoms with van der Waals surface area (Å²) in [6.45, 7) is 2.91. The van der Waals surface area contributed by atoms with E-state index >= 15 is 0 Å². The molecule has 0 aliphatic carbocycles. The minimum absolute atomic E-state index is 0.0646. The third kappa shape index (κ3) is 4.59. The van der Waals surface area contributed by atoms with Crippen LogP contribution in [0.4, 0.5) is 0 Å². The van der Waals surface area contributed by atoms with Crippen molar-refractivity contribution in [2.75, 3.05) is 13.7 Å². The predicted octanol–water partition coefficient (Wildman–Crippen LogP) is 2.70. The summed E-state index contributed by atoms with van der Waals surface area (Å²) in [5.41, 5.74) is 3.55. The molecular formula is C18H23NO2. The number of hydrogen-bond acceptors (Lipinski definition) is 3. The normalized spacial score (nSPS) is 12.1. The average Bonchev–Trinajstić information content (AvgIpc) is 2.52. The van der Waals surface area contributed by atoms with Crippen LogP contribution in [0.15, 0.2) is 48.5 Å². The zero-order chi connectivity index (χ0) is 15.1. The lowest BCUT2D eigenvalue weighted by atomic mass is 10.1. The van der Waals surface area contributed by atoms with Crippen molar-refractivity contribution >= 4 is 0 Å². The van der Waals surface area contributed by atoms with Gasteiger partial charge in [-0.2, -0.15) is 0 Å². The van der Waals surface area contributed by atoms with Crippen LogP contribution in [0.3, 0.4) is 0 Å². The quantitative estimate of drug-likeness (QED) is 0.822. The Labute approximate surface area is 126 Å². The van der Waals surface area contributed by atoms with Gasteiger partial charge in [0.15, 0.2) is 0 Å². The van der Waals surface area contributed by atoms with E-state index in [9.17, 15) is 5.11 Å². The van der Waals surface area contributed by atoms with Crippen molar-refractivity contribution in [3.8, 4) is 5.75 Å². The van der Waals surface area contributed by atoms with Crippen LogP contribution in [0.1, 0.15) is 16.7 Å². The highest BCUT2D eigenvalue weighted by molar-refractivity contribution is 5.36. The largest absolute Gasteiger partial charge is 0.496 e. The summed E-state index contributed by atoms with van der Waals surface area (Å²) in [4.78, 5) is 0. The molecule has 0 heterocycles. The topological polar surface area (TPSA) is 41.5 Å². The molecule has 0 aliphatic heterocycles. The van der Waals surface area contributed by atoms with E-state index < -0.39 is 0 Å². The Balaban J connectivity index is 1.92. The lowest BCUT2D eigenvalue weighted by molar-refractivity contribution is 0.241. The maximum atomic E-state index is 9.52. The van der Waals surface area contributed by atoms with Gasteiger partial charge in [0.05, 0.1) is 13.7 Å². The van der Waals surface area contributed by atoms with Crippen molar-refractivity contribution in [1.82, 2.24) is 5.32 Å². The van der Waals surface area contributed by atoms with Crippen molar-refractivity contribution in [1.29, 1.82) is 0 Å². The number of hydrogen-bond donors (Lipinski definition) is 2. The zero-order valence-corrected chi connectivity index (χ0v) is 12.7. The summed E-state index contributed by atoms with van der Waals surface area (Å²) in [7, 11) is 1.68. The molecule has 3 nitrogen and oxygen atoms in total. The number of aliphatic hydroxyl groups is 1. The monoisotopic (exact) mass is 285 g/mol. The molecule has 2 aromatic carbocycles. The van der Waals surface area contributed by atoms with Gasteiger partial charge in [0.2, 0.25) is 0 Å². The van der Waals surface area contributed by atoms with Crippen molar-refractivity contribution in [3.63, 3.8) is 0 Å². The average molecular weight is 285 g/mol. The molecule has 2 aromatic rings. The van der Waals surface area contributed by atoms with Crippen LogP contribution in [0.5, 0.6) is 5.75 Å². The summed E-state index contributed by atoms with van der Waals surface area (Å²) < 4.78 is 5.27. The summed E-state index contributed by atoms with van der Waals surface area (Å²) in [6, 6.07) is 16.4. The highest BCUT2D eigenvalue weighted by Crippen LogP contribution is 2.18. The standard InChI is InChI=1S/C18H23NO2/c1-14-10-16(8-9-18(14)21-2)12-19-17(13-20)11-15-6-4-3-5-7-15/h3-10,17,19-20H,11-13H2,1-2H3/t17-/m0/s1. The Hall–Kier alpha value is -1.84. The lowest BCUT2D eigenvalue weighted by Gasteiger charge is -2.17. The predicted molar refractivity (Wildman–Crippen MR) is 85.6 cm³/mol. The fourth-order valence-electron chi connectivity index (χ4n) is 2.41. The van der Waals surface area contributed by atoms with E-state index in [0.717, 1.165) is 24.3 Å². The maximum Gasteiger partial charge on any atom is 0.121 e. The Morgan fingerprint density at radius 2 is 1.86 bits per heavy atom. The van der Waals surface area contributed by atoms with Crippen LogP contribution in [-0.2, 0) is 13.0 Å². The van der Waals surface area contributed by atoms with Crippen molar-refractivity contribution in [3.05, 3.63) is 65.2 Å². The first-order valence-corrected chi connectivity index (χ1v) is 7.24. The smallest absolute Gasteiger partial charge is 0.121 e. The highest BCUT2D eigenvalue weighted by atomic mass is 16.5. The van der Waals surface area contributed by atoms with Gasteiger partial charge in [-0.25, -0.2) is 0 Å². The molecule has 0 spiro atoms. The SMILES string of the molecule is COc1ccc(CN[C@H](CO)Cc2ccccc2)cc1C. The number of methoxy groups -OCH3 is 1. The molecule has 0 amide bonds. The number of ether oxygens (including phenoxy) is 1. The second-order valence-corrected chi connectivity index (χ2v) is 5.25. The van der Waals surface area contributed by atoms with Gasteiger partial charge in [0, 0.05) is 12.6 Å². The van der Waals surface area contributed by atoms with Gasteiger partial charge in [-0.1, -0.05) is 42.5 Å². The fourth-order valence-corrected chi connectivity index (χ4v) is 2.41. The van der Waals surface area contributed by atoms with Gasteiger partial charge in [-0.05, 0) is 36.1 Å². The Morgan fingerprint density at radius 1 is 1.10 bits per heavy atom. The Morgan fingerprint density at radius 3 is 2.48 bits per heavy atom. The second kappa shape index (κ2) is 7.81. The van der Waals surface area contributed by atoms with Gasteiger partial charge in [-0.15, -0.1) is 0 Å². The summed E-state index contributed by atoms with van der Waals surface area (Å²) >= 11 is 0. The van der Waals surface area contributed by atoms with E-state index in [0.29, 0.717) is 0 Å². The van der Waals surface area contributed by atoms with E-state index in [2.05, 4.69) is 29.6 Å². The van der Waals surface area contributed by atoms with Gasteiger partial charge >= 0.3 is 0 Å². The van der Waals surface area contributed by atoms with Crippen molar-refractivity contribution < 1.29 is 9.84 Å². The molecule has 0 aromatic heterocycles. The van der Waals surface area contributed by atoms with Crippen LogP contribution in [0.2, 0.25) is 0 Å². The third-order valence-electron chi connectivity index (χ3n) is 3.60. The third-order valence-corrected chi connectivity index (χ3v) is 3.60. The summed E-state index contributed by atoms with van der Waals surface area (Å²) in [5, 5.41) is 12.9. The highest BCUT2D eigenvalue weighted by Gasteiger charge is 2.08. The van der Waals surface area contributed by atoms with E-state index in [-0.39, 0.29) is 12.6 Å². The van der Waals surface area contributed by atoms with E-state index in [1.807, 2.05) is 31.2 Å². The summed E-state index contributed by atoms with van der Waals surface area (Å²) in [5.74, 6) is 0.904. The van der Waals surface area contributed by atoms with Gasteiger partial charge < -0.3 is 15.2 Å². The molecule has 2 N–H and O–H groups in total. The Bertz CT molecular complexity index is 554. The van der Waals surface area contributed by atoms with Crippen LogP contribution in [-0.4, -0.2) is 24.9 Å². The van der Waals surface area contributed by atoms with Gasteiger partial charge in [0.1, 0.15) is 5.75 Å². The molecule has 0 saturated heterocycles. The van der Waals surface area contributed by atoms with E-state index in [1.165, 1.54) is 11.1 Å². The molecule has 21 heavy (non-hydrogen) atoms. The molecule has 0 unspecified atom stereocenters. The number of aryl methyl sites for hydroxylation is 1. The minimum Gasteiger partial charge on any atom is -0.496 e. The maximum absolute atomic E-state index is 9.52. The molecule has 0 saturated carbocycles. The second-order valence-electron chi connectivity index (χ2n) is 5.25. The first-order valence-electron chi connectivity index (χ1n) is 7.24. The Kier molecular flexibility index (Phi) is 5.78. The van der Waals surface area contributed by atoms with E-state index in [1.54, 1.807) is 7.11 Å². The molecule has 2 rings (SSSR count). The van der Waals surface area contributed by atoms with Crippen LogP contribution >= 0.6 is 0 Å². The molecule has 112 valence electrons. The molecule has 0 aliphatic rings. The first kappa shape index (κ1) is 15.5. The van der Waals surface area contributed by atoms with Gasteiger partial charge in [0.25, 0.3) is 0 Å². The summed E-state index contributed by atoms with van der Waals surface area (Å²) in [6.07, 6.45) is 0.826. The molecular weight excluding hydrogens is 262 g/mol. The zero-order valence-electron chi connectivity index (χ0n) is 12.7. The number of aliphatic hydroxyl groups excluding tert-OH is 1. The lowest BCUT2D eigenvalue weighted by Crippen LogP contribution is -2.34. The van der Waals surface area contributed by atoms with Crippen molar-refractivity contribution in [2.24, 2.45) is 0 Å². The molecule has 0 radical (unpaired) electrons. The molecule has 0 fully saturated rings. The number of rotatable bonds is 7.